The molecule has 0 atom stereocenters. The van der Waals surface area contributed by atoms with Gasteiger partial charge >= 0.3 is 0 Å². The molecule has 0 aromatic carbocycles. The summed E-state index contributed by atoms with van der Waals surface area (Å²) in [6.45, 7) is 4.27. The van der Waals surface area contributed by atoms with Crippen LogP contribution in [0.5, 0.6) is 0 Å². The first kappa shape index (κ1) is 11.7. The molecule has 0 spiro atoms. The van der Waals surface area contributed by atoms with E-state index in [4.69, 9.17) is 5.84 Å². The summed E-state index contributed by atoms with van der Waals surface area (Å²) in [6, 6.07) is 0. The van der Waals surface area contributed by atoms with Crippen molar-refractivity contribution in [3.05, 3.63) is 34.6 Å². The Morgan fingerprint density at radius 2 is 2.27 bits per heavy atom. The second-order valence-electron chi connectivity index (χ2n) is 3.71. The maximum absolute atomic E-state index is 5.53. The molecule has 0 bridgehead atoms. The Kier molecular flexibility index (Phi) is 4.31. The smallest absolute Gasteiger partial charge is 0.0574 e. The SMILES string of the molecule is CN=C/C=C(\NN)C1=C(C)CCC=C1C. The Morgan fingerprint density at radius 3 is 2.80 bits per heavy atom. The zero-order valence-corrected chi connectivity index (χ0v) is 9.67. The normalized spacial score (nSPS) is 18.4. The molecule has 1 aliphatic carbocycles. The first-order chi connectivity index (χ1) is 7.20. The van der Waals surface area contributed by atoms with Crippen molar-refractivity contribution < 1.29 is 0 Å². The van der Waals surface area contributed by atoms with E-state index in [9.17, 15) is 0 Å². The third-order valence-electron chi connectivity index (χ3n) is 2.61. The monoisotopic (exact) mass is 205 g/mol. The lowest BCUT2D eigenvalue weighted by atomic mass is 9.90. The van der Waals surface area contributed by atoms with E-state index in [1.165, 1.54) is 16.7 Å². The highest BCUT2D eigenvalue weighted by molar-refractivity contribution is 5.74. The van der Waals surface area contributed by atoms with Crippen LogP contribution in [0.1, 0.15) is 26.7 Å². The molecule has 0 radical (unpaired) electrons. The quantitative estimate of drug-likeness (QED) is 0.421. The molecule has 0 fully saturated rings. The largest absolute Gasteiger partial charge is 0.323 e. The van der Waals surface area contributed by atoms with E-state index in [-0.39, 0.29) is 0 Å². The van der Waals surface area contributed by atoms with Crippen LogP contribution in [-0.2, 0) is 0 Å². The first-order valence-electron chi connectivity index (χ1n) is 5.17. The van der Waals surface area contributed by atoms with Crippen molar-refractivity contribution in [1.29, 1.82) is 0 Å². The minimum absolute atomic E-state index is 0.937. The maximum atomic E-state index is 5.53. The van der Waals surface area contributed by atoms with Crippen LogP contribution in [-0.4, -0.2) is 13.3 Å². The minimum Gasteiger partial charge on any atom is -0.323 e. The molecule has 3 nitrogen and oxygen atoms in total. The summed E-state index contributed by atoms with van der Waals surface area (Å²) in [7, 11) is 1.75. The van der Waals surface area contributed by atoms with E-state index in [1.807, 2.05) is 6.08 Å². The Hall–Kier alpha value is -1.35. The van der Waals surface area contributed by atoms with Gasteiger partial charge in [0.15, 0.2) is 0 Å². The molecule has 0 aliphatic heterocycles. The van der Waals surface area contributed by atoms with Gasteiger partial charge in [0, 0.05) is 18.8 Å². The number of allylic oxidation sites excluding steroid dienone is 4. The fourth-order valence-corrected chi connectivity index (χ4v) is 1.86. The molecule has 0 saturated carbocycles. The average molecular weight is 205 g/mol. The summed E-state index contributed by atoms with van der Waals surface area (Å²) in [6.07, 6.45) is 8.13. The highest BCUT2D eigenvalue weighted by atomic mass is 15.2. The fourth-order valence-electron chi connectivity index (χ4n) is 1.86. The van der Waals surface area contributed by atoms with E-state index in [2.05, 4.69) is 30.3 Å². The zero-order valence-electron chi connectivity index (χ0n) is 9.67. The van der Waals surface area contributed by atoms with Crippen molar-refractivity contribution in [3.63, 3.8) is 0 Å². The van der Waals surface area contributed by atoms with Gasteiger partial charge in [-0.15, -0.1) is 0 Å². The van der Waals surface area contributed by atoms with Gasteiger partial charge in [-0.3, -0.25) is 10.8 Å². The summed E-state index contributed by atoms with van der Waals surface area (Å²) in [5, 5.41) is 0. The lowest BCUT2D eigenvalue weighted by molar-refractivity contribution is 0.856. The summed E-state index contributed by atoms with van der Waals surface area (Å²) < 4.78 is 0. The molecule has 82 valence electrons. The molecule has 0 saturated heterocycles. The zero-order chi connectivity index (χ0) is 11.3. The van der Waals surface area contributed by atoms with Gasteiger partial charge in [-0.1, -0.05) is 11.6 Å². The van der Waals surface area contributed by atoms with Crippen LogP contribution in [0, 0.1) is 0 Å². The average Bonchev–Trinajstić information content (AvgIpc) is 2.22. The van der Waals surface area contributed by atoms with Crippen LogP contribution in [0.3, 0.4) is 0 Å². The molecule has 3 N–H and O–H groups in total. The molecular formula is C12H19N3. The number of rotatable bonds is 3. The van der Waals surface area contributed by atoms with Crippen LogP contribution < -0.4 is 11.3 Å². The van der Waals surface area contributed by atoms with Gasteiger partial charge in [-0.25, -0.2) is 0 Å². The molecule has 1 aliphatic rings. The van der Waals surface area contributed by atoms with Crippen LogP contribution >= 0.6 is 0 Å². The van der Waals surface area contributed by atoms with Crippen molar-refractivity contribution in [1.82, 2.24) is 5.43 Å². The lowest BCUT2D eigenvalue weighted by Crippen LogP contribution is -2.24. The number of nitrogens with two attached hydrogens (primary N) is 1. The molecule has 0 aromatic heterocycles. The van der Waals surface area contributed by atoms with Gasteiger partial charge in [0.05, 0.1) is 5.70 Å². The van der Waals surface area contributed by atoms with Crippen LogP contribution in [0.2, 0.25) is 0 Å². The molecule has 0 aromatic rings. The van der Waals surface area contributed by atoms with Crippen molar-refractivity contribution >= 4 is 6.21 Å². The fraction of sp³-hybridized carbons (Fsp3) is 0.417. The lowest BCUT2D eigenvalue weighted by Gasteiger charge is -2.19. The van der Waals surface area contributed by atoms with Gasteiger partial charge in [0.25, 0.3) is 0 Å². The summed E-state index contributed by atoms with van der Waals surface area (Å²) >= 11 is 0. The van der Waals surface area contributed by atoms with E-state index < -0.39 is 0 Å². The van der Waals surface area contributed by atoms with Gasteiger partial charge in [-0.05, 0) is 38.3 Å². The molecule has 0 heterocycles. The highest BCUT2D eigenvalue weighted by Crippen LogP contribution is 2.28. The van der Waals surface area contributed by atoms with Crippen LogP contribution in [0.4, 0.5) is 0 Å². The summed E-state index contributed by atoms with van der Waals surface area (Å²) in [5.41, 5.74) is 7.56. The van der Waals surface area contributed by atoms with Gasteiger partial charge in [0.2, 0.25) is 0 Å². The Labute approximate surface area is 91.4 Å². The second kappa shape index (κ2) is 5.51. The van der Waals surface area contributed by atoms with Crippen molar-refractivity contribution in [2.75, 3.05) is 7.05 Å². The van der Waals surface area contributed by atoms with E-state index in [0.29, 0.717) is 0 Å². The summed E-state index contributed by atoms with van der Waals surface area (Å²) in [5.74, 6) is 5.53. The first-order valence-corrected chi connectivity index (χ1v) is 5.17. The number of hydrogen-bond donors (Lipinski definition) is 2. The predicted octanol–water partition coefficient (Wildman–Crippen LogP) is 2.09. The topological polar surface area (TPSA) is 50.4 Å². The Balaban J connectivity index is 3.07. The van der Waals surface area contributed by atoms with Gasteiger partial charge in [-0.2, -0.15) is 0 Å². The van der Waals surface area contributed by atoms with Crippen LogP contribution in [0.25, 0.3) is 0 Å². The standard InChI is InChI=1S/C12H19N3/c1-9-5-4-6-10(2)12(9)11(15-13)7-8-14-3/h5,7-8,15H,4,6,13H2,1-3H3/b11-7-,14-8?. The number of aliphatic imine (C=N–C) groups is 1. The van der Waals surface area contributed by atoms with Crippen LogP contribution in [0.15, 0.2) is 39.6 Å². The summed E-state index contributed by atoms with van der Waals surface area (Å²) in [4.78, 5) is 3.93. The molecular weight excluding hydrogens is 186 g/mol. The van der Waals surface area contributed by atoms with Crippen molar-refractivity contribution in [2.45, 2.75) is 26.7 Å². The maximum Gasteiger partial charge on any atom is 0.0574 e. The molecule has 0 unspecified atom stereocenters. The Bertz CT molecular complexity index is 346. The predicted molar refractivity (Wildman–Crippen MR) is 65.5 cm³/mol. The number of hydrogen-bond acceptors (Lipinski definition) is 3. The number of hydrazine groups is 1. The van der Waals surface area contributed by atoms with E-state index >= 15 is 0 Å². The van der Waals surface area contributed by atoms with Gasteiger partial charge < -0.3 is 5.43 Å². The Morgan fingerprint density at radius 1 is 1.53 bits per heavy atom. The van der Waals surface area contributed by atoms with Crippen molar-refractivity contribution in [2.24, 2.45) is 10.8 Å². The van der Waals surface area contributed by atoms with Gasteiger partial charge in [0.1, 0.15) is 0 Å². The number of nitrogens with one attached hydrogen (secondary N) is 1. The molecule has 15 heavy (non-hydrogen) atoms. The highest BCUT2D eigenvalue weighted by Gasteiger charge is 2.12. The third-order valence-corrected chi connectivity index (χ3v) is 2.61. The third kappa shape index (κ3) is 2.80. The molecule has 1 rings (SSSR count). The molecule has 3 heteroatoms. The second-order valence-corrected chi connectivity index (χ2v) is 3.71. The molecule has 0 amide bonds. The van der Waals surface area contributed by atoms with E-state index in [1.54, 1.807) is 13.3 Å². The van der Waals surface area contributed by atoms with E-state index in [0.717, 1.165) is 18.5 Å². The number of nitrogens with zero attached hydrogens (tertiary/aromatic N) is 1. The minimum atomic E-state index is 0.937. The van der Waals surface area contributed by atoms with Crippen molar-refractivity contribution in [3.8, 4) is 0 Å².